The van der Waals surface area contributed by atoms with Crippen molar-refractivity contribution in [1.29, 1.82) is 0 Å². The van der Waals surface area contributed by atoms with Gasteiger partial charge in [-0.3, -0.25) is 0 Å². The fourth-order valence-electron chi connectivity index (χ4n) is 11.7. The number of pyridine rings is 8. The first kappa shape index (κ1) is 41.3. The van der Waals surface area contributed by atoms with Gasteiger partial charge in [0.1, 0.15) is 0 Å². The minimum absolute atomic E-state index is 0.547. The summed E-state index contributed by atoms with van der Waals surface area (Å²) in [5.41, 5.74) is 19.6. The summed E-state index contributed by atoms with van der Waals surface area (Å²) in [5, 5.41) is 8.28. The number of aromatic amines is 4. The van der Waals surface area contributed by atoms with Crippen LogP contribution in [0.1, 0.15) is 0 Å². The molecule has 0 amide bonds. The van der Waals surface area contributed by atoms with Crippen LogP contribution < -0.4 is 10.7 Å². The van der Waals surface area contributed by atoms with Gasteiger partial charge in [0.15, 0.2) is 0 Å². The average molecular weight is 999 g/mol. The van der Waals surface area contributed by atoms with Crippen LogP contribution in [0.4, 0.5) is 0 Å². The van der Waals surface area contributed by atoms with Gasteiger partial charge in [0.2, 0.25) is 0 Å². The molecule has 18 rings (SSSR count). The summed E-state index contributed by atoms with van der Waals surface area (Å²) in [6.45, 7) is 8.87. The number of hydrogen-bond acceptors (Lipinski definition) is 10. The van der Waals surface area contributed by atoms with E-state index in [0.717, 1.165) is 131 Å². The largest absolute Gasteiger partial charge is 0.353 e. The Morgan fingerprint density at radius 3 is 0.705 bits per heavy atom. The molecule has 4 N–H and O–H groups in total. The molecular weight excluding hydrogens is 965 g/mol. The second-order valence-corrected chi connectivity index (χ2v) is 20.1. The van der Waals surface area contributed by atoms with Crippen molar-refractivity contribution in [2.75, 3.05) is 0 Å². The summed E-state index contributed by atoms with van der Waals surface area (Å²) in [5.74, 6) is 0. The molecule has 360 valence electrons. The maximum Gasteiger partial charge on any atom is 0.0996 e. The molecule has 18 aromatic rings. The van der Waals surface area contributed by atoms with E-state index >= 15 is 0 Å². The zero-order valence-electron chi connectivity index (χ0n) is 40.9. The molecule has 0 aliphatic heterocycles. The lowest BCUT2D eigenvalue weighted by Gasteiger charge is -2.13. The SMILES string of the molecule is C=c1[nH]c(=C)c2ccc3c(n2)c2nc(ccc2c2nc4c5ccc6nc5c5nc(ccc5c4nc32)c2ccc([nH]2)c2ccc3ccc4ccc(nc4c3n2)c2ccc6[nH]2)c2ccc([nH]2)c2ccc3ccc4ccc1nc4c3n2. The third-order valence-electron chi connectivity index (χ3n) is 15.6. The predicted molar refractivity (Wildman–Crippen MR) is 316 cm³/mol. The van der Waals surface area contributed by atoms with Crippen LogP contribution >= 0.6 is 0 Å². The Morgan fingerprint density at radius 2 is 0.397 bits per heavy atom. The topological polar surface area (TPSA) is 192 Å². The van der Waals surface area contributed by atoms with Crippen molar-refractivity contribution in [2.24, 2.45) is 0 Å². The Labute approximate surface area is 435 Å². The maximum atomic E-state index is 5.62. The highest BCUT2D eigenvalue weighted by molar-refractivity contribution is 6.27. The molecule has 0 atom stereocenters. The molecule has 14 nitrogen and oxygen atoms in total. The van der Waals surface area contributed by atoms with Gasteiger partial charge in [0, 0.05) is 43.1 Å². The molecule has 22 bridgehead atoms. The number of benzene rings is 4. The summed E-state index contributed by atoms with van der Waals surface area (Å²) in [4.78, 5) is 67.9. The highest BCUT2D eigenvalue weighted by atomic mass is 14.9. The number of fused-ring (bicyclic) bond motifs is 26. The van der Waals surface area contributed by atoms with E-state index in [9.17, 15) is 0 Å². The summed E-state index contributed by atoms with van der Waals surface area (Å²) in [7, 11) is 0. The van der Waals surface area contributed by atoms with E-state index in [1.807, 2.05) is 78.9 Å². The second kappa shape index (κ2) is 14.8. The molecule has 4 aromatic carbocycles. The number of nitrogens with zero attached hydrogens (tertiary/aromatic N) is 10. The van der Waals surface area contributed by atoms with Crippen LogP contribution in [0.25, 0.3) is 200 Å². The van der Waals surface area contributed by atoms with Crippen LogP contribution in [0.2, 0.25) is 0 Å². The van der Waals surface area contributed by atoms with Crippen molar-refractivity contribution in [3.05, 3.63) is 168 Å². The average Bonchev–Trinajstić information content (AvgIpc) is 4.41. The Balaban J connectivity index is 0.958. The predicted octanol–water partition coefficient (Wildman–Crippen LogP) is 13.1. The normalized spacial score (nSPS) is 12.5. The van der Waals surface area contributed by atoms with Crippen molar-refractivity contribution in [3.8, 4) is 0 Å². The summed E-state index contributed by atoms with van der Waals surface area (Å²) in [6, 6.07) is 53.4. The molecule has 0 saturated heterocycles. The third kappa shape index (κ3) is 5.79. The van der Waals surface area contributed by atoms with Gasteiger partial charge in [-0.05, 0) is 109 Å². The van der Waals surface area contributed by atoms with E-state index in [2.05, 4.69) is 112 Å². The molecular formula is C64H34N14. The van der Waals surface area contributed by atoms with Crippen molar-refractivity contribution < 1.29 is 0 Å². The Kier molecular flexibility index (Phi) is 7.83. The molecule has 0 aliphatic rings. The maximum absolute atomic E-state index is 5.62. The Morgan fingerprint density at radius 1 is 0.192 bits per heavy atom. The van der Waals surface area contributed by atoms with E-state index in [4.69, 9.17) is 49.8 Å². The van der Waals surface area contributed by atoms with Gasteiger partial charge in [-0.2, -0.15) is 0 Å². The molecule has 0 unspecified atom stereocenters. The number of rotatable bonds is 0. The van der Waals surface area contributed by atoms with Gasteiger partial charge in [-0.15, -0.1) is 0 Å². The van der Waals surface area contributed by atoms with Crippen molar-refractivity contribution in [3.63, 3.8) is 0 Å². The van der Waals surface area contributed by atoms with Crippen molar-refractivity contribution in [1.82, 2.24) is 69.8 Å². The first-order chi connectivity index (χ1) is 38.4. The van der Waals surface area contributed by atoms with E-state index in [-0.39, 0.29) is 0 Å². The Hall–Kier alpha value is -11.1. The summed E-state index contributed by atoms with van der Waals surface area (Å²) in [6.07, 6.45) is 0. The molecule has 14 aromatic heterocycles. The quantitative estimate of drug-likeness (QED) is 0.0839. The zero-order chi connectivity index (χ0) is 51.1. The zero-order valence-corrected chi connectivity index (χ0v) is 40.9. The first-order valence-electron chi connectivity index (χ1n) is 25.5. The van der Waals surface area contributed by atoms with Crippen LogP contribution in [-0.2, 0) is 0 Å². The van der Waals surface area contributed by atoms with Crippen molar-refractivity contribution in [2.45, 2.75) is 0 Å². The molecule has 14 heterocycles. The minimum atomic E-state index is 0.547. The second-order valence-electron chi connectivity index (χ2n) is 20.1. The monoisotopic (exact) mass is 998 g/mol. The fraction of sp³-hybridized carbons (Fsp3) is 0. The Bertz CT molecular complexity index is 6070. The summed E-state index contributed by atoms with van der Waals surface area (Å²) >= 11 is 0. The van der Waals surface area contributed by atoms with Gasteiger partial charge in [0.05, 0.1) is 154 Å². The van der Waals surface area contributed by atoms with Gasteiger partial charge in [-0.25, -0.2) is 49.8 Å². The lowest BCUT2D eigenvalue weighted by atomic mass is 10.0. The highest BCUT2D eigenvalue weighted by Crippen LogP contribution is 2.39. The minimum Gasteiger partial charge on any atom is -0.353 e. The number of hydrogen-bond donors (Lipinski definition) is 4. The lowest BCUT2D eigenvalue weighted by molar-refractivity contribution is 1.23. The number of aromatic nitrogens is 14. The standard InChI is InChI=1S/C64H34N14/c1-29-39-15-7-31-3-4-32-8-16-47(71-54(32)53(31)69-39)41-23-26-44(66-41)50-20-12-36-58(74-50)57-35(11-19-40(70-57)30(2)65-29)61-62(36)78-64-38-14-22-52-46-28-25-43(68-46)49-18-10-34-6-5-33-9-17-48(72-55(33)56(34)73-49)42-24-27-45(67-42)51-21-13-37(63(64)77-61)59(75-51)60(38)76-52/h3-28,65-68H,1-2H2. The fourth-order valence-corrected chi connectivity index (χ4v) is 11.7. The van der Waals surface area contributed by atoms with E-state index in [1.54, 1.807) is 0 Å². The molecule has 0 fully saturated rings. The third-order valence-corrected chi connectivity index (χ3v) is 15.6. The van der Waals surface area contributed by atoms with Gasteiger partial charge in [-0.1, -0.05) is 61.7 Å². The lowest BCUT2D eigenvalue weighted by Crippen LogP contribution is -2.16. The molecule has 0 aliphatic carbocycles. The van der Waals surface area contributed by atoms with Crippen LogP contribution in [0.5, 0.6) is 0 Å². The molecule has 0 radical (unpaired) electrons. The first-order valence-corrected chi connectivity index (χ1v) is 25.5. The number of H-pyrrole nitrogens is 4. The molecule has 78 heavy (non-hydrogen) atoms. The van der Waals surface area contributed by atoms with Crippen LogP contribution in [-0.4, -0.2) is 69.8 Å². The summed E-state index contributed by atoms with van der Waals surface area (Å²) < 4.78 is 0. The van der Waals surface area contributed by atoms with Gasteiger partial charge < -0.3 is 19.9 Å². The number of nitrogens with one attached hydrogen (secondary N) is 4. The van der Waals surface area contributed by atoms with Crippen LogP contribution in [0, 0.1) is 0 Å². The van der Waals surface area contributed by atoms with Gasteiger partial charge >= 0.3 is 0 Å². The van der Waals surface area contributed by atoms with E-state index < -0.39 is 0 Å². The van der Waals surface area contributed by atoms with E-state index in [1.165, 1.54) is 0 Å². The van der Waals surface area contributed by atoms with Crippen LogP contribution in [0.3, 0.4) is 0 Å². The highest BCUT2D eigenvalue weighted by Gasteiger charge is 2.21. The van der Waals surface area contributed by atoms with Crippen molar-refractivity contribution >= 4 is 200 Å². The smallest absolute Gasteiger partial charge is 0.0996 e. The molecule has 14 heteroatoms. The van der Waals surface area contributed by atoms with Gasteiger partial charge in [0.25, 0.3) is 0 Å². The van der Waals surface area contributed by atoms with Crippen LogP contribution in [0.15, 0.2) is 158 Å². The molecule has 0 saturated carbocycles. The van der Waals surface area contributed by atoms with E-state index in [0.29, 0.717) is 65.9 Å². The molecule has 0 spiro atoms.